The lowest BCUT2D eigenvalue weighted by Crippen LogP contribution is -2.49. The molecule has 0 aromatic carbocycles. The molecule has 2 heterocycles. The van der Waals surface area contributed by atoms with Crippen molar-refractivity contribution in [2.45, 2.75) is 44.6 Å². The van der Waals surface area contributed by atoms with E-state index in [1.807, 2.05) is 11.4 Å². The molecule has 2 fully saturated rings. The number of piperidine rings is 1. The number of amides is 1. The highest BCUT2D eigenvalue weighted by molar-refractivity contribution is 9.11. The van der Waals surface area contributed by atoms with Crippen molar-refractivity contribution in [2.75, 3.05) is 6.54 Å². The molecule has 2 aliphatic rings. The Labute approximate surface area is 120 Å². The Bertz CT molecular complexity index is 443. The van der Waals surface area contributed by atoms with E-state index in [0.29, 0.717) is 6.04 Å². The number of thiophene rings is 1. The molecule has 0 N–H and O–H groups in total. The average molecular weight is 328 g/mol. The minimum Gasteiger partial charge on any atom is -0.335 e. The molecule has 1 aliphatic heterocycles. The van der Waals surface area contributed by atoms with E-state index in [9.17, 15) is 4.79 Å². The van der Waals surface area contributed by atoms with Crippen LogP contribution >= 0.6 is 27.3 Å². The third-order valence-electron chi connectivity index (χ3n) is 4.32. The summed E-state index contributed by atoms with van der Waals surface area (Å²) in [5.41, 5.74) is 0.859. The topological polar surface area (TPSA) is 20.3 Å². The van der Waals surface area contributed by atoms with E-state index < -0.39 is 0 Å². The van der Waals surface area contributed by atoms with Crippen LogP contribution in [-0.2, 0) is 0 Å². The van der Waals surface area contributed by atoms with E-state index >= 15 is 0 Å². The van der Waals surface area contributed by atoms with Crippen LogP contribution in [0.4, 0.5) is 0 Å². The molecule has 1 saturated carbocycles. The van der Waals surface area contributed by atoms with Crippen molar-refractivity contribution in [2.24, 2.45) is 5.92 Å². The first-order valence-corrected chi connectivity index (χ1v) is 8.48. The lowest BCUT2D eigenvalue weighted by atomic mass is 9.78. The summed E-state index contributed by atoms with van der Waals surface area (Å²) in [5.74, 6) is 1.01. The molecule has 1 aromatic heterocycles. The van der Waals surface area contributed by atoms with Gasteiger partial charge in [0.1, 0.15) is 0 Å². The van der Waals surface area contributed by atoms with E-state index in [-0.39, 0.29) is 5.91 Å². The number of carbonyl (C=O) groups excluding carboxylic acids is 1. The molecule has 3 rings (SSSR count). The zero-order valence-electron chi connectivity index (χ0n) is 10.4. The average Bonchev–Trinajstić information content (AvgIpc) is 2.84. The van der Waals surface area contributed by atoms with Gasteiger partial charge in [-0.2, -0.15) is 0 Å². The number of rotatable bonds is 1. The molecule has 2 atom stereocenters. The Hall–Kier alpha value is -0.350. The van der Waals surface area contributed by atoms with Gasteiger partial charge in [0.25, 0.3) is 5.91 Å². The molecule has 1 aromatic rings. The number of nitrogens with zero attached hydrogens (tertiary/aromatic N) is 1. The van der Waals surface area contributed by atoms with Crippen LogP contribution in [0.25, 0.3) is 0 Å². The largest absolute Gasteiger partial charge is 0.335 e. The molecule has 18 heavy (non-hydrogen) atoms. The van der Waals surface area contributed by atoms with Gasteiger partial charge >= 0.3 is 0 Å². The van der Waals surface area contributed by atoms with Gasteiger partial charge in [-0.1, -0.05) is 12.8 Å². The Morgan fingerprint density at radius 3 is 2.83 bits per heavy atom. The van der Waals surface area contributed by atoms with Crippen LogP contribution in [0.1, 0.15) is 48.9 Å². The number of likely N-dealkylation sites (tertiary alicyclic amines) is 1. The highest BCUT2D eigenvalue weighted by Gasteiger charge is 2.36. The maximum atomic E-state index is 12.6. The second kappa shape index (κ2) is 5.33. The summed E-state index contributed by atoms with van der Waals surface area (Å²) < 4.78 is 1.04. The van der Waals surface area contributed by atoms with E-state index in [1.165, 1.54) is 38.5 Å². The van der Waals surface area contributed by atoms with Crippen LogP contribution < -0.4 is 0 Å². The van der Waals surface area contributed by atoms with Crippen molar-refractivity contribution >= 4 is 33.2 Å². The van der Waals surface area contributed by atoms with Gasteiger partial charge in [0.05, 0.1) is 9.35 Å². The second-order valence-electron chi connectivity index (χ2n) is 5.39. The van der Waals surface area contributed by atoms with E-state index in [1.54, 1.807) is 11.3 Å². The molecule has 4 heteroatoms. The summed E-state index contributed by atoms with van der Waals surface area (Å²) in [5, 5.41) is 1.97. The van der Waals surface area contributed by atoms with Gasteiger partial charge in [-0.15, -0.1) is 11.3 Å². The molecule has 98 valence electrons. The summed E-state index contributed by atoms with van der Waals surface area (Å²) in [6, 6.07) is 2.47. The van der Waals surface area contributed by atoms with Crippen LogP contribution in [0.5, 0.6) is 0 Å². The summed E-state index contributed by atoms with van der Waals surface area (Å²) in [6.07, 6.45) is 7.68. The molecule has 1 amide bonds. The third kappa shape index (κ3) is 2.37. The van der Waals surface area contributed by atoms with Gasteiger partial charge < -0.3 is 4.90 Å². The number of fused-ring (bicyclic) bond motifs is 1. The van der Waals surface area contributed by atoms with Gasteiger partial charge in [0.2, 0.25) is 0 Å². The standard InChI is InChI=1S/C14H18BrNOS/c15-13-8-11(9-18-13)14(17)16-7-3-5-10-4-1-2-6-12(10)16/h8-10,12H,1-7H2. The Morgan fingerprint density at radius 1 is 1.28 bits per heavy atom. The van der Waals surface area contributed by atoms with Gasteiger partial charge in [0, 0.05) is 18.0 Å². The predicted octanol–water partition coefficient (Wildman–Crippen LogP) is 4.31. The first-order chi connectivity index (χ1) is 8.75. The molecule has 0 radical (unpaired) electrons. The van der Waals surface area contributed by atoms with Crippen molar-refractivity contribution in [1.29, 1.82) is 0 Å². The molecule has 2 unspecified atom stereocenters. The normalized spacial score (nSPS) is 27.9. The Morgan fingerprint density at radius 2 is 2.06 bits per heavy atom. The third-order valence-corrected chi connectivity index (χ3v) is 5.82. The Kier molecular flexibility index (Phi) is 3.76. The smallest absolute Gasteiger partial charge is 0.254 e. The number of hydrogen-bond donors (Lipinski definition) is 0. The highest BCUT2D eigenvalue weighted by atomic mass is 79.9. The van der Waals surface area contributed by atoms with Crippen LogP contribution in [0.3, 0.4) is 0 Å². The van der Waals surface area contributed by atoms with E-state index in [4.69, 9.17) is 0 Å². The molecular weight excluding hydrogens is 310 g/mol. The molecule has 1 aliphatic carbocycles. The van der Waals surface area contributed by atoms with Crippen LogP contribution in [0.2, 0.25) is 0 Å². The van der Waals surface area contributed by atoms with Crippen LogP contribution in [-0.4, -0.2) is 23.4 Å². The van der Waals surface area contributed by atoms with E-state index in [0.717, 1.165) is 21.8 Å². The molecule has 0 spiro atoms. The fourth-order valence-electron chi connectivity index (χ4n) is 3.46. The predicted molar refractivity (Wildman–Crippen MR) is 78.0 cm³/mol. The second-order valence-corrected chi connectivity index (χ2v) is 7.68. The first kappa shape index (κ1) is 12.7. The van der Waals surface area contributed by atoms with Crippen molar-refractivity contribution in [3.05, 3.63) is 20.8 Å². The molecule has 1 saturated heterocycles. The van der Waals surface area contributed by atoms with Crippen LogP contribution in [0, 0.1) is 5.92 Å². The van der Waals surface area contributed by atoms with Crippen LogP contribution in [0.15, 0.2) is 15.2 Å². The summed E-state index contributed by atoms with van der Waals surface area (Å²) in [4.78, 5) is 14.7. The monoisotopic (exact) mass is 327 g/mol. The first-order valence-electron chi connectivity index (χ1n) is 6.81. The Balaban J connectivity index is 1.79. The zero-order valence-corrected chi connectivity index (χ0v) is 12.8. The summed E-state index contributed by atoms with van der Waals surface area (Å²) >= 11 is 5.04. The van der Waals surface area contributed by atoms with Gasteiger partial charge in [-0.25, -0.2) is 0 Å². The van der Waals surface area contributed by atoms with Gasteiger partial charge in [-0.05, 0) is 53.6 Å². The fraction of sp³-hybridized carbons (Fsp3) is 0.643. The minimum atomic E-state index is 0.244. The lowest BCUT2D eigenvalue weighted by Gasteiger charge is -2.44. The maximum Gasteiger partial charge on any atom is 0.254 e. The fourth-order valence-corrected chi connectivity index (χ4v) is 4.60. The van der Waals surface area contributed by atoms with Gasteiger partial charge in [-0.3, -0.25) is 4.79 Å². The highest BCUT2D eigenvalue weighted by Crippen LogP contribution is 2.36. The van der Waals surface area contributed by atoms with Crippen molar-refractivity contribution in [1.82, 2.24) is 4.90 Å². The molecular formula is C14H18BrNOS. The number of halogens is 1. The van der Waals surface area contributed by atoms with Gasteiger partial charge in [0.15, 0.2) is 0 Å². The summed E-state index contributed by atoms with van der Waals surface area (Å²) in [7, 11) is 0. The number of hydrogen-bond acceptors (Lipinski definition) is 2. The number of carbonyl (C=O) groups is 1. The SMILES string of the molecule is O=C(c1csc(Br)c1)N1CCCC2CCCCC21. The molecule has 0 bridgehead atoms. The van der Waals surface area contributed by atoms with Crippen molar-refractivity contribution in [3.8, 4) is 0 Å². The molecule has 2 nitrogen and oxygen atoms in total. The maximum absolute atomic E-state index is 12.6. The van der Waals surface area contributed by atoms with E-state index in [2.05, 4.69) is 20.8 Å². The zero-order chi connectivity index (χ0) is 12.5. The van der Waals surface area contributed by atoms with Crippen molar-refractivity contribution in [3.63, 3.8) is 0 Å². The minimum absolute atomic E-state index is 0.244. The summed E-state index contributed by atoms with van der Waals surface area (Å²) in [6.45, 7) is 0.952. The lowest BCUT2D eigenvalue weighted by molar-refractivity contribution is 0.0391. The van der Waals surface area contributed by atoms with Crippen molar-refractivity contribution < 1.29 is 4.79 Å². The quantitative estimate of drug-likeness (QED) is 0.752.